The third kappa shape index (κ3) is 5.52. The quantitative estimate of drug-likeness (QED) is 0.713. The maximum atomic E-state index is 14.0. The smallest absolute Gasteiger partial charge is 0.475 e. The number of piperidine rings is 1. The van der Waals surface area contributed by atoms with Crippen molar-refractivity contribution in [3.63, 3.8) is 0 Å². The van der Waals surface area contributed by atoms with Gasteiger partial charge in [-0.2, -0.15) is 13.2 Å². The van der Waals surface area contributed by atoms with Gasteiger partial charge in [0.05, 0.1) is 11.6 Å². The topological polar surface area (TPSA) is 89.0 Å². The molecule has 2 aliphatic rings. The fourth-order valence-electron chi connectivity index (χ4n) is 3.62. The summed E-state index contributed by atoms with van der Waals surface area (Å²) in [6.45, 7) is 1.08. The summed E-state index contributed by atoms with van der Waals surface area (Å²) in [5.41, 5.74) is 0.109. The molecule has 0 saturated carbocycles. The average molecular weight is 456 g/mol. The van der Waals surface area contributed by atoms with E-state index < -0.39 is 18.0 Å². The van der Waals surface area contributed by atoms with Crippen molar-refractivity contribution >= 4 is 11.9 Å². The molecule has 0 aliphatic carbocycles. The van der Waals surface area contributed by atoms with Crippen LogP contribution in [0, 0.1) is 5.82 Å². The fraction of sp³-hybridized carbons (Fsp3) is 0.381. The van der Waals surface area contributed by atoms with Crippen LogP contribution in [-0.2, 0) is 9.53 Å². The Morgan fingerprint density at radius 1 is 1.12 bits per heavy atom. The molecule has 3 heterocycles. The molecule has 4 rings (SSSR count). The highest BCUT2D eigenvalue weighted by atomic mass is 19.4. The maximum Gasteiger partial charge on any atom is 0.490 e. The van der Waals surface area contributed by atoms with E-state index in [2.05, 4.69) is 4.98 Å². The summed E-state index contributed by atoms with van der Waals surface area (Å²) in [5.74, 6) is -2.98. The number of carboxylic acid groups (broad SMARTS) is 1. The van der Waals surface area contributed by atoms with Gasteiger partial charge in [0.2, 0.25) is 5.88 Å². The Labute approximate surface area is 180 Å². The van der Waals surface area contributed by atoms with E-state index in [9.17, 15) is 22.4 Å². The first kappa shape index (κ1) is 23.5. The Balaban J connectivity index is 0.000000360. The lowest BCUT2D eigenvalue weighted by Gasteiger charge is -2.40. The van der Waals surface area contributed by atoms with E-state index in [-0.39, 0.29) is 29.7 Å². The van der Waals surface area contributed by atoms with Crippen molar-refractivity contribution in [2.24, 2.45) is 0 Å². The second-order valence-electron chi connectivity index (χ2n) is 7.09. The molecule has 2 fully saturated rings. The van der Waals surface area contributed by atoms with Crippen LogP contribution in [0.2, 0.25) is 0 Å². The number of aromatic nitrogens is 1. The summed E-state index contributed by atoms with van der Waals surface area (Å²) < 4.78 is 57.6. The molecule has 0 unspecified atom stereocenters. The van der Waals surface area contributed by atoms with E-state index in [0.29, 0.717) is 25.5 Å². The van der Waals surface area contributed by atoms with Gasteiger partial charge in [0.15, 0.2) is 0 Å². The van der Waals surface area contributed by atoms with Gasteiger partial charge in [0.1, 0.15) is 18.0 Å². The van der Waals surface area contributed by atoms with Gasteiger partial charge >= 0.3 is 12.1 Å². The summed E-state index contributed by atoms with van der Waals surface area (Å²) in [7, 11) is 0. The van der Waals surface area contributed by atoms with Crippen LogP contribution in [0.1, 0.15) is 23.2 Å². The van der Waals surface area contributed by atoms with Gasteiger partial charge in [0, 0.05) is 31.8 Å². The van der Waals surface area contributed by atoms with Crippen molar-refractivity contribution in [3.05, 3.63) is 60.0 Å². The number of amides is 1. The van der Waals surface area contributed by atoms with E-state index >= 15 is 0 Å². The Morgan fingerprint density at radius 3 is 2.44 bits per heavy atom. The number of hydrogen-bond acceptors (Lipinski definition) is 5. The van der Waals surface area contributed by atoms with Crippen LogP contribution in [0.4, 0.5) is 17.6 Å². The zero-order chi connectivity index (χ0) is 23.3. The molecule has 0 spiro atoms. The van der Waals surface area contributed by atoms with Crippen LogP contribution in [0.3, 0.4) is 0 Å². The SMILES string of the molecule is O=C(O)C(F)(F)F.O=C(c1ccccc1F)N1CC[C@@H](Oc2ccccn2)[C@H]2OCC[C@@H]21. The number of nitrogens with zero attached hydrogens (tertiary/aromatic N) is 2. The van der Waals surface area contributed by atoms with Gasteiger partial charge in [-0.05, 0) is 24.6 Å². The Hall–Kier alpha value is -3.21. The van der Waals surface area contributed by atoms with Gasteiger partial charge in [-0.1, -0.05) is 18.2 Å². The highest BCUT2D eigenvalue weighted by Gasteiger charge is 2.45. The van der Waals surface area contributed by atoms with E-state index in [4.69, 9.17) is 19.4 Å². The summed E-state index contributed by atoms with van der Waals surface area (Å²) in [6, 6.07) is 11.5. The van der Waals surface area contributed by atoms with Gasteiger partial charge in [-0.15, -0.1) is 0 Å². The number of carbonyl (C=O) groups is 2. The number of carboxylic acids is 1. The van der Waals surface area contributed by atoms with E-state index in [1.54, 1.807) is 29.3 Å². The van der Waals surface area contributed by atoms with Gasteiger partial charge in [-0.3, -0.25) is 4.79 Å². The third-order valence-corrected chi connectivity index (χ3v) is 5.04. The van der Waals surface area contributed by atoms with Crippen molar-refractivity contribution in [2.75, 3.05) is 13.2 Å². The van der Waals surface area contributed by atoms with Crippen molar-refractivity contribution in [1.82, 2.24) is 9.88 Å². The summed E-state index contributed by atoms with van der Waals surface area (Å²) >= 11 is 0. The number of benzene rings is 1. The minimum absolute atomic E-state index is 0.102. The lowest BCUT2D eigenvalue weighted by molar-refractivity contribution is -0.192. The number of carbonyl (C=O) groups excluding carboxylic acids is 1. The third-order valence-electron chi connectivity index (χ3n) is 5.04. The lowest BCUT2D eigenvalue weighted by Crippen LogP contribution is -2.56. The Morgan fingerprint density at radius 2 is 1.81 bits per heavy atom. The van der Waals surface area contributed by atoms with Crippen molar-refractivity contribution in [3.8, 4) is 5.88 Å². The Kier molecular flexibility index (Phi) is 7.29. The minimum atomic E-state index is -5.08. The second kappa shape index (κ2) is 9.94. The first-order chi connectivity index (χ1) is 15.2. The number of halogens is 4. The molecule has 32 heavy (non-hydrogen) atoms. The van der Waals surface area contributed by atoms with Crippen molar-refractivity contribution in [1.29, 1.82) is 0 Å². The molecule has 11 heteroatoms. The number of alkyl halides is 3. The molecule has 0 bridgehead atoms. The monoisotopic (exact) mass is 456 g/mol. The molecule has 1 N–H and O–H groups in total. The van der Waals surface area contributed by atoms with Crippen LogP contribution in [0.25, 0.3) is 0 Å². The highest BCUT2D eigenvalue weighted by molar-refractivity contribution is 5.94. The molecule has 1 aromatic heterocycles. The summed E-state index contributed by atoms with van der Waals surface area (Å²) in [4.78, 5) is 27.6. The molecule has 2 aromatic rings. The van der Waals surface area contributed by atoms with Crippen molar-refractivity contribution < 1.29 is 41.7 Å². The molecular formula is C21H20F4N2O5. The summed E-state index contributed by atoms with van der Waals surface area (Å²) in [5, 5.41) is 7.12. The van der Waals surface area contributed by atoms with Gasteiger partial charge in [0.25, 0.3) is 5.91 Å². The molecule has 0 radical (unpaired) electrons. The number of hydrogen-bond donors (Lipinski definition) is 1. The molecular weight excluding hydrogens is 436 g/mol. The first-order valence-electron chi connectivity index (χ1n) is 9.73. The minimum Gasteiger partial charge on any atom is -0.475 e. The zero-order valence-electron chi connectivity index (χ0n) is 16.7. The number of rotatable bonds is 3. The van der Waals surface area contributed by atoms with E-state index in [1.807, 2.05) is 12.1 Å². The average Bonchev–Trinajstić information content (AvgIpc) is 3.25. The zero-order valence-corrected chi connectivity index (χ0v) is 16.7. The van der Waals surface area contributed by atoms with Crippen LogP contribution in [0.15, 0.2) is 48.7 Å². The van der Waals surface area contributed by atoms with Crippen molar-refractivity contribution in [2.45, 2.75) is 37.3 Å². The first-order valence-corrected chi connectivity index (χ1v) is 9.73. The molecule has 1 amide bonds. The predicted octanol–water partition coefficient (Wildman–Crippen LogP) is 3.31. The molecule has 2 aliphatic heterocycles. The number of fused-ring (bicyclic) bond motifs is 1. The van der Waals surface area contributed by atoms with Gasteiger partial charge in [-0.25, -0.2) is 14.2 Å². The van der Waals surface area contributed by atoms with E-state index in [1.165, 1.54) is 12.1 Å². The molecule has 3 atom stereocenters. The maximum absolute atomic E-state index is 14.0. The number of likely N-dealkylation sites (tertiary alicyclic amines) is 1. The van der Waals surface area contributed by atoms with Crippen LogP contribution in [-0.4, -0.2) is 64.4 Å². The normalized spacial score (nSPS) is 22.4. The number of pyridine rings is 1. The fourth-order valence-corrected chi connectivity index (χ4v) is 3.62. The standard InChI is InChI=1S/C19H19FN2O3.C2HF3O2/c20-14-6-2-1-5-13(14)19(23)22-11-8-16(18-15(22)9-12-24-18)25-17-7-3-4-10-21-17;3-2(4,5)1(6)7/h1-7,10,15-16,18H,8-9,11-12H2;(H,6,7)/t15-,16+,18-;/m0./s1. The lowest BCUT2D eigenvalue weighted by atomic mass is 9.94. The molecule has 172 valence electrons. The molecule has 7 nitrogen and oxygen atoms in total. The van der Waals surface area contributed by atoms with E-state index in [0.717, 1.165) is 6.42 Å². The molecule has 1 aromatic carbocycles. The number of ether oxygens (including phenoxy) is 2. The summed E-state index contributed by atoms with van der Waals surface area (Å²) in [6.07, 6.45) is -2.43. The van der Waals surface area contributed by atoms with Crippen LogP contribution in [0.5, 0.6) is 5.88 Å². The predicted molar refractivity (Wildman–Crippen MR) is 103 cm³/mol. The molecule has 2 saturated heterocycles. The van der Waals surface area contributed by atoms with Crippen LogP contribution >= 0.6 is 0 Å². The highest BCUT2D eigenvalue weighted by Crippen LogP contribution is 2.32. The second-order valence-corrected chi connectivity index (χ2v) is 7.09. The largest absolute Gasteiger partial charge is 0.490 e. The van der Waals surface area contributed by atoms with Gasteiger partial charge < -0.3 is 19.5 Å². The number of aliphatic carboxylic acids is 1. The van der Waals surface area contributed by atoms with Crippen LogP contribution < -0.4 is 4.74 Å². The Bertz CT molecular complexity index is 941.